The third kappa shape index (κ3) is 3.51. The fourth-order valence-corrected chi connectivity index (χ4v) is 4.29. The molecule has 1 aliphatic heterocycles. The molecule has 134 valence electrons. The average Bonchev–Trinajstić information content (AvgIpc) is 2.91. The van der Waals surface area contributed by atoms with Gasteiger partial charge in [-0.15, -0.1) is 0 Å². The van der Waals surface area contributed by atoms with Gasteiger partial charge in [0, 0.05) is 44.0 Å². The second-order valence-corrected chi connectivity index (χ2v) is 7.98. The van der Waals surface area contributed by atoms with Crippen LogP contribution in [0.15, 0.2) is 0 Å². The molecule has 1 aliphatic carbocycles. The van der Waals surface area contributed by atoms with Crippen molar-refractivity contribution >= 4 is 5.91 Å². The minimum Gasteiger partial charge on any atom is -0.337 e. The summed E-state index contributed by atoms with van der Waals surface area (Å²) in [5, 5.41) is 4.63. The van der Waals surface area contributed by atoms with Crippen LogP contribution in [0.3, 0.4) is 0 Å². The lowest BCUT2D eigenvalue weighted by Crippen LogP contribution is -2.40. The zero-order valence-electron chi connectivity index (χ0n) is 15.7. The van der Waals surface area contributed by atoms with Gasteiger partial charge in [0.1, 0.15) is 0 Å². The fraction of sp³-hybridized carbons (Fsp3) is 0.789. The van der Waals surface area contributed by atoms with Crippen LogP contribution < -0.4 is 0 Å². The second kappa shape index (κ2) is 7.26. The van der Waals surface area contributed by atoms with Gasteiger partial charge in [0.15, 0.2) is 5.69 Å². The predicted molar refractivity (Wildman–Crippen MR) is 96.2 cm³/mol. The third-order valence-corrected chi connectivity index (χ3v) is 5.55. The molecule has 5 nitrogen and oxygen atoms in total. The molecule has 1 fully saturated rings. The Morgan fingerprint density at radius 2 is 2.00 bits per heavy atom. The van der Waals surface area contributed by atoms with Gasteiger partial charge in [-0.2, -0.15) is 5.10 Å². The lowest BCUT2D eigenvalue weighted by Gasteiger charge is -2.33. The number of aromatic nitrogens is 2. The summed E-state index contributed by atoms with van der Waals surface area (Å²) < 4.78 is 1.95. The smallest absolute Gasteiger partial charge is 0.274 e. The van der Waals surface area contributed by atoms with Gasteiger partial charge in [0.05, 0.1) is 0 Å². The Balaban J connectivity index is 1.80. The van der Waals surface area contributed by atoms with Gasteiger partial charge in [-0.25, -0.2) is 0 Å². The maximum atomic E-state index is 13.0. The van der Waals surface area contributed by atoms with E-state index in [9.17, 15) is 4.79 Å². The van der Waals surface area contributed by atoms with Crippen molar-refractivity contribution in [3.8, 4) is 0 Å². The van der Waals surface area contributed by atoms with Crippen molar-refractivity contribution in [2.24, 2.45) is 13.0 Å². The Hall–Kier alpha value is -1.36. The molecule has 0 aromatic carbocycles. The number of rotatable bonds is 4. The molecule has 1 aromatic heterocycles. The van der Waals surface area contributed by atoms with Crippen molar-refractivity contribution in [1.82, 2.24) is 19.6 Å². The first kappa shape index (κ1) is 17.5. The van der Waals surface area contributed by atoms with Gasteiger partial charge in [-0.05, 0) is 51.5 Å². The average molecular weight is 332 g/mol. The van der Waals surface area contributed by atoms with E-state index in [0.717, 1.165) is 57.4 Å². The summed E-state index contributed by atoms with van der Waals surface area (Å²) in [6.45, 7) is 7.41. The Bertz CT molecular complexity index is 586. The maximum Gasteiger partial charge on any atom is 0.274 e. The van der Waals surface area contributed by atoms with Gasteiger partial charge in [0.2, 0.25) is 0 Å². The maximum absolute atomic E-state index is 13.0. The van der Waals surface area contributed by atoms with Crippen LogP contribution in [0.5, 0.6) is 0 Å². The summed E-state index contributed by atoms with van der Waals surface area (Å²) in [6.07, 6.45) is 6.64. The number of carbonyl (C=O) groups excluding carboxylic acids is 1. The minimum atomic E-state index is 0.152. The standard InChI is InChI=1S/C19H32N4O/c1-14(2)13-21(3)15-8-9-17-16(12-15)18(20-22(17)4)19(24)23-10-6-5-7-11-23/h14-15H,5-13H2,1-4H3/t15-/m0/s1. The van der Waals surface area contributed by atoms with Crippen LogP contribution in [0, 0.1) is 5.92 Å². The summed E-state index contributed by atoms with van der Waals surface area (Å²) in [6, 6.07) is 0.525. The van der Waals surface area contributed by atoms with E-state index in [0.29, 0.717) is 12.0 Å². The van der Waals surface area contributed by atoms with Crippen LogP contribution in [0.25, 0.3) is 0 Å². The third-order valence-electron chi connectivity index (χ3n) is 5.55. The van der Waals surface area contributed by atoms with E-state index in [1.807, 2.05) is 16.6 Å². The number of piperidine rings is 1. The molecule has 1 saturated heterocycles. The van der Waals surface area contributed by atoms with Crippen molar-refractivity contribution in [2.45, 2.75) is 58.4 Å². The minimum absolute atomic E-state index is 0.152. The van der Waals surface area contributed by atoms with E-state index in [1.54, 1.807) is 0 Å². The number of amides is 1. The van der Waals surface area contributed by atoms with E-state index >= 15 is 0 Å². The van der Waals surface area contributed by atoms with Crippen LogP contribution >= 0.6 is 0 Å². The lowest BCUT2D eigenvalue weighted by molar-refractivity contribution is 0.0715. The van der Waals surface area contributed by atoms with Crippen LogP contribution in [0.4, 0.5) is 0 Å². The van der Waals surface area contributed by atoms with Gasteiger partial charge in [0.25, 0.3) is 5.91 Å². The Morgan fingerprint density at radius 1 is 1.29 bits per heavy atom. The second-order valence-electron chi connectivity index (χ2n) is 7.98. The topological polar surface area (TPSA) is 41.4 Å². The molecule has 2 heterocycles. The molecule has 0 bridgehead atoms. The highest BCUT2D eigenvalue weighted by Gasteiger charge is 2.32. The van der Waals surface area contributed by atoms with Crippen LogP contribution in [-0.4, -0.2) is 58.2 Å². The number of hydrogen-bond acceptors (Lipinski definition) is 3. The Labute approximate surface area is 146 Å². The lowest BCUT2D eigenvalue weighted by atomic mass is 9.90. The van der Waals surface area contributed by atoms with Gasteiger partial charge in [-0.1, -0.05) is 13.8 Å². The molecular formula is C19H32N4O. The SMILES string of the molecule is CC(C)CN(C)[C@H]1CCc2c(c(C(=O)N3CCCCC3)nn2C)C1. The van der Waals surface area contributed by atoms with E-state index in [-0.39, 0.29) is 5.91 Å². The molecule has 2 aliphatic rings. The highest BCUT2D eigenvalue weighted by molar-refractivity contribution is 5.94. The Kier molecular flexibility index (Phi) is 5.28. The van der Waals surface area contributed by atoms with Crippen LogP contribution in [0.1, 0.15) is 61.3 Å². The zero-order valence-corrected chi connectivity index (χ0v) is 15.7. The van der Waals surface area contributed by atoms with Crippen LogP contribution in [-0.2, 0) is 19.9 Å². The molecule has 1 atom stereocenters. The predicted octanol–water partition coefficient (Wildman–Crippen LogP) is 2.49. The summed E-state index contributed by atoms with van der Waals surface area (Å²) in [7, 11) is 4.21. The quantitative estimate of drug-likeness (QED) is 0.851. The number of likely N-dealkylation sites (N-methyl/N-ethyl adjacent to an activating group) is 1. The molecule has 3 rings (SSSR count). The van der Waals surface area contributed by atoms with Gasteiger partial charge < -0.3 is 9.80 Å². The number of hydrogen-bond donors (Lipinski definition) is 0. The zero-order chi connectivity index (χ0) is 17.3. The largest absolute Gasteiger partial charge is 0.337 e. The van der Waals surface area contributed by atoms with E-state index in [4.69, 9.17) is 0 Å². The van der Waals surface area contributed by atoms with E-state index < -0.39 is 0 Å². The summed E-state index contributed by atoms with van der Waals surface area (Å²) in [5.74, 6) is 0.818. The van der Waals surface area contributed by atoms with Crippen molar-refractivity contribution in [3.63, 3.8) is 0 Å². The normalized spacial score (nSPS) is 21.4. The number of nitrogens with zero attached hydrogens (tertiary/aromatic N) is 4. The first-order valence-electron chi connectivity index (χ1n) is 9.51. The summed E-state index contributed by atoms with van der Waals surface area (Å²) >= 11 is 0. The number of carbonyl (C=O) groups is 1. The first-order chi connectivity index (χ1) is 11.5. The Morgan fingerprint density at radius 3 is 2.67 bits per heavy atom. The molecular weight excluding hydrogens is 300 g/mol. The highest BCUT2D eigenvalue weighted by atomic mass is 16.2. The van der Waals surface area contributed by atoms with Crippen molar-refractivity contribution in [2.75, 3.05) is 26.7 Å². The van der Waals surface area contributed by atoms with Crippen molar-refractivity contribution < 1.29 is 4.79 Å². The molecule has 1 aromatic rings. The molecule has 24 heavy (non-hydrogen) atoms. The van der Waals surface area contributed by atoms with E-state index in [2.05, 4.69) is 30.9 Å². The summed E-state index contributed by atoms with van der Waals surface area (Å²) in [4.78, 5) is 17.5. The fourth-order valence-electron chi connectivity index (χ4n) is 4.29. The van der Waals surface area contributed by atoms with Crippen molar-refractivity contribution in [3.05, 3.63) is 17.0 Å². The number of fused-ring (bicyclic) bond motifs is 1. The van der Waals surface area contributed by atoms with Gasteiger partial charge >= 0.3 is 0 Å². The highest BCUT2D eigenvalue weighted by Crippen LogP contribution is 2.28. The molecule has 1 amide bonds. The molecule has 5 heteroatoms. The first-order valence-corrected chi connectivity index (χ1v) is 9.51. The molecule has 0 saturated carbocycles. The number of aryl methyl sites for hydroxylation is 1. The monoisotopic (exact) mass is 332 g/mol. The van der Waals surface area contributed by atoms with Gasteiger partial charge in [-0.3, -0.25) is 9.48 Å². The van der Waals surface area contributed by atoms with Crippen molar-refractivity contribution in [1.29, 1.82) is 0 Å². The molecule has 0 spiro atoms. The molecule has 0 unspecified atom stereocenters. The van der Waals surface area contributed by atoms with Crippen LogP contribution in [0.2, 0.25) is 0 Å². The summed E-state index contributed by atoms with van der Waals surface area (Å²) in [5.41, 5.74) is 3.20. The molecule has 0 radical (unpaired) electrons. The number of likely N-dealkylation sites (tertiary alicyclic amines) is 1. The molecule has 0 N–H and O–H groups in total. The van der Waals surface area contributed by atoms with E-state index in [1.165, 1.54) is 17.7 Å².